The van der Waals surface area contributed by atoms with Crippen molar-refractivity contribution in [2.45, 2.75) is 39.7 Å². The number of aromatic nitrogens is 2. The summed E-state index contributed by atoms with van der Waals surface area (Å²) in [6, 6.07) is 0.303. The minimum atomic E-state index is 0.303. The van der Waals surface area contributed by atoms with Gasteiger partial charge in [0.25, 0.3) is 0 Å². The molecular weight excluding hydrogens is 228 g/mol. The van der Waals surface area contributed by atoms with E-state index < -0.39 is 0 Å². The second kappa shape index (κ2) is 6.29. The summed E-state index contributed by atoms with van der Waals surface area (Å²) in [6.07, 6.45) is 1.89. The van der Waals surface area contributed by atoms with Crippen molar-refractivity contribution in [3.63, 3.8) is 0 Å². The molecule has 102 valence electrons. The van der Waals surface area contributed by atoms with E-state index in [2.05, 4.69) is 41.1 Å². The van der Waals surface area contributed by atoms with Gasteiger partial charge in [-0.05, 0) is 12.3 Å². The van der Waals surface area contributed by atoms with E-state index in [-0.39, 0.29) is 0 Å². The van der Waals surface area contributed by atoms with Crippen LogP contribution in [0.3, 0.4) is 0 Å². The normalized spacial score (nSPS) is 19.3. The van der Waals surface area contributed by atoms with Gasteiger partial charge in [-0.25, -0.2) is 0 Å². The molecule has 0 amide bonds. The molecule has 1 N–H and O–H groups in total. The van der Waals surface area contributed by atoms with Crippen molar-refractivity contribution in [1.82, 2.24) is 20.4 Å². The summed E-state index contributed by atoms with van der Waals surface area (Å²) in [6.45, 7) is 10.7. The minimum Gasteiger partial charge on any atom is -0.339 e. The van der Waals surface area contributed by atoms with Gasteiger partial charge in [0.1, 0.15) is 0 Å². The number of nitrogens with zero attached hydrogens (tertiary/aromatic N) is 3. The van der Waals surface area contributed by atoms with Gasteiger partial charge in [-0.15, -0.1) is 0 Å². The van der Waals surface area contributed by atoms with Crippen molar-refractivity contribution in [2.24, 2.45) is 5.92 Å². The first-order valence-corrected chi connectivity index (χ1v) is 6.98. The van der Waals surface area contributed by atoms with E-state index in [0.29, 0.717) is 12.0 Å². The highest BCUT2D eigenvalue weighted by Crippen LogP contribution is 2.22. The molecule has 1 aliphatic heterocycles. The van der Waals surface area contributed by atoms with Gasteiger partial charge in [0.2, 0.25) is 5.89 Å². The molecule has 1 saturated heterocycles. The van der Waals surface area contributed by atoms with Crippen molar-refractivity contribution in [3.05, 3.63) is 11.7 Å². The fraction of sp³-hybridized carbons (Fsp3) is 0.846. The molecule has 0 aliphatic carbocycles. The maximum atomic E-state index is 5.35. The van der Waals surface area contributed by atoms with Gasteiger partial charge in [-0.1, -0.05) is 25.9 Å². The highest BCUT2D eigenvalue weighted by Gasteiger charge is 2.24. The lowest BCUT2D eigenvalue weighted by atomic mass is 10.1. The number of hydrogen-bond acceptors (Lipinski definition) is 5. The molecule has 2 rings (SSSR count). The Balaban J connectivity index is 2.04. The number of nitrogens with one attached hydrogen (secondary N) is 1. The molecule has 0 spiro atoms. The molecule has 1 aliphatic rings. The molecule has 2 heterocycles. The summed E-state index contributed by atoms with van der Waals surface area (Å²) < 4.78 is 5.35. The van der Waals surface area contributed by atoms with Crippen LogP contribution >= 0.6 is 0 Å². The molecule has 0 saturated carbocycles. The van der Waals surface area contributed by atoms with E-state index in [1.54, 1.807) is 0 Å². The molecule has 0 radical (unpaired) electrons. The van der Waals surface area contributed by atoms with Crippen LogP contribution in [0.1, 0.15) is 44.9 Å². The number of rotatable bonds is 5. The Kier molecular flexibility index (Phi) is 4.72. The summed E-state index contributed by atoms with van der Waals surface area (Å²) in [5.74, 6) is 2.18. The van der Waals surface area contributed by atoms with Crippen molar-refractivity contribution < 1.29 is 4.52 Å². The predicted molar refractivity (Wildman–Crippen MR) is 70.3 cm³/mol. The Labute approximate surface area is 109 Å². The zero-order chi connectivity index (χ0) is 13.0. The smallest absolute Gasteiger partial charge is 0.226 e. The number of piperazine rings is 1. The fourth-order valence-corrected chi connectivity index (χ4v) is 2.43. The van der Waals surface area contributed by atoms with Crippen LogP contribution in [0.2, 0.25) is 0 Å². The Morgan fingerprint density at radius 2 is 2.06 bits per heavy atom. The molecule has 1 aromatic rings. The molecule has 1 atom stereocenters. The van der Waals surface area contributed by atoms with E-state index in [1.807, 2.05) is 0 Å². The molecule has 1 fully saturated rings. The Morgan fingerprint density at radius 1 is 1.33 bits per heavy atom. The van der Waals surface area contributed by atoms with Crippen LogP contribution in [0.15, 0.2) is 4.52 Å². The van der Waals surface area contributed by atoms with Gasteiger partial charge in [-0.2, -0.15) is 4.98 Å². The summed E-state index contributed by atoms with van der Waals surface area (Å²) in [7, 11) is 0. The van der Waals surface area contributed by atoms with Gasteiger partial charge in [-0.3, -0.25) is 4.90 Å². The minimum absolute atomic E-state index is 0.303. The lowest BCUT2D eigenvalue weighted by Crippen LogP contribution is -2.45. The maximum absolute atomic E-state index is 5.35. The number of hydrogen-bond donors (Lipinski definition) is 1. The van der Waals surface area contributed by atoms with Gasteiger partial charge in [0.15, 0.2) is 5.82 Å². The molecular formula is C13H24N4O. The van der Waals surface area contributed by atoms with Crippen molar-refractivity contribution in [2.75, 3.05) is 26.2 Å². The molecule has 5 nitrogen and oxygen atoms in total. The van der Waals surface area contributed by atoms with Crippen LogP contribution in [-0.4, -0.2) is 41.2 Å². The highest BCUT2D eigenvalue weighted by atomic mass is 16.5. The first-order valence-electron chi connectivity index (χ1n) is 6.98. The summed E-state index contributed by atoms with van der Waals surface area (Å²) in [5, 5.41) is 7.54. The third-order valence-electron chi connectivity index (χ3n) is 3.34. The molecule has 1 unspecified atom stereocenters. The van der Waals surface area contributed by atoms with Gasteiger partial charge >= 0.3 is 0 Å². The first-order chi connectivity index (χ1) is 8.70. The molecule has 18 heavy (non-hydrogen) atoms. The standard InChI is InChI=1S/C13H24N4O/c1-4-11(17-7-5-14-6-8-17)13-15-12(18-16-13)9-10(2)3/h10-11,14H,4-9H2,1-3H3. The zero-order valence-electron chi connectivity index (χ0n) is 11.6. The van der Waals surface area contributed by atoms with Crippen LogP contribution in [0.25, 0.3) is 0 Å². The van der Waals surface area contributed by atoms with Crippen LogP contribution in [0.5, 0.6) is 0 Å². The average molecular weight is 252 g/mol. The van der Waals surface area contributed by atoms with Crippen molar-refractivity contribution in [1.29, 1.82) is 0 Å². The lowest BCUT2D eigenvalue weighted by Gasteiger charge is -2.32. The van der Waals surface area contributed by atoms with Crippen LogP contribution < -0.4 is 5.32 Å². The maximum Gasteiger partial charge on any atom is 0.226 e. The predicted octanol–water partition coefficient (Wildman–Crippen LogP) is 1.62. The van der Waals surface area contributed by atoms with Gasteiger partial charge in [0, 0.05) is 32.6 Å². The Hall–Kier alpha value is -0.940. The highest BCUT2D eigenvalue weighted by molar-refractivity contribution is 4.96. The van der Waals surface area contributed by atoms with Crippen molar-refractivity contribution in [3.8, 4) is 0 Å². The SMILES string of the molecule is CCC(c1noc(CC(C)C)n1)N1CCNCC1. The summed E-state index contributed by atoms with van der Waals surface area (Å²) >= 11 is 0. The van der Waals surface area contributed by atoms with Crippen molar-refractivity contribution >= 4 is 0 Å². The fourth-order valence-electron chi connectivity index (χ4n) is 2.43. The van der Waals surface area contributed by atoms with Crippen LogP contribution in [0.4, 0.5) is 0 Å². The molecule has 0 bridgehead atoms. The Morgan fingerprint density at radius 3 is 2.67 bits per heavy atom. The summed E-state index contributed by atoms with van der Waals surface area (Å²) in [5.41, 5.74) is 0. The van der Waals surface area contributed by atoms with Crippen LogP contribution in [-0.2, 0) is 6.42 Å². The average Bonchev–Trinajstić information content (AvgIpc) is 2.79. The first kappa shape index (κ1) is 13.5. The third kappa shape index (κ3) is 3.29. The topological polar surface area (TPSA) is 54.2 Å². The quantitative estimate of drug-likeness (QED) is 0.863. The van der Waals surface area contributed by atoms with E-state index >= 15 is 0 Å². The van der Waals surface area contributed by atoms with Crippen LogP contribution in [0, 0.1) is 5.92 Å². The van der Waals surface area contributed by atoms with E-state index in [0.717, 1.165) is 50.7 Å². The third-order valence-corrected chi connectivity index (χ3v) is 3.34. The Bertz CT molecular complexity index is 358. The second-order valence-electron chi connectivity index (χ2n) is 5.35. The van der Waals surface area contributed by atoms with Gasteiger partial charge < -0.3 is 9.84 Å². The molecule has 5 heteroatoms. The lowest BCUT2D eigenvalue weighted by molar-refractivity contribution is 0.160. The van der Waals surface area contributed by atoms with E-state index in [9.17, 15) is 0 Å². The zero-order valence-corrected chi connectivity index (χ0v) is 11.6. The molecule has 0 aromatic carbocycles. The summed E-state index contributed by atoms with van der Waals surface area (Å²) in [4.78, 5) is 7.00. The van der Waals surface area contributed by atoms with E-state index in [4.69, 9.17) is 4.52 Å². The largest absolute Gasteiger partial charge is 0.339 e. The monoisotopic (exact) mass is 252 g/mol. The molecule has 1 aromatic heterocycles. The van der Waals surface area contributed by atoms with E-state index in [1.165, 1.54) is 0 Å². The second-order valence-corrected chi connectivity index (χ2v) is 5.35. The van der Waals surface area contributed by atoms with Gasteiger partial charge in [0.05, 0.1) is 6.04 Å².